The Hall–Kier alpha value is -0.890. The largest absolute Gasteiger partial charge is 0.415 e. The molecule has 0 spiro atoms. The standard InChI is InChI=1S/C17H21Cl2N3O2S2/c1-3-4-11(13-6-5-12(18)7-14(13)19)8-20-15(23)9-26-17-22-21-16(24-17)10-25-2/h5-7,11H,3-4,8-10H2,1-2H3,(H,20,23)/t11-/m0/s1. The van der Waals surface area contributed by atoms with Crippen LogP contribution in [0.2, 0.25) is 10.0 Å². The Morgan fingerprint density at radius 2 is 2.15 bits per heavy atom. The van der Waals surface area contributed by atoms with E-state index in [0.29, 0.717) is 33.5 Å². The highest BCUT2D eigenvalue weighted by Gasteiger charge is 2.16. The molecule has 1 aromatic carbocycles. The molecule has 0 saturated carbocycles. The summed E-state index contributed by atoms with van der Waals surface area (Å²) in [7, 11) is 0. The highest BCUT2D eigenvalue weighted by atomic mass is 35.5. The van der Waals surface area contributed by atoms with E-state index in [1.807, 2.05) is 18.4 Å². The van der Waals surface area contributed by atoms with Crippen LogP contribution in [0.15, 0.2) is 27.8 Å². The van der Waals surface area contributed by atoms with Gasteiger partial charge in [0, 0.05) is 22.5 Å². The molecule has 1 N–H and O–H groups in total. The molecule has 5 nitrogen and oxygen atoms in total. The molecule has 0 aliphatic heterocycles. The minimum absolute atomic E-state index is 0.0780. The lowest BCUT2D eigenvalue weighted by molar-refractivity contribution is -0.118. The maximum atomic E-state index is 12.1. The Labute approximate surface area is 172 Å². The maximum Gasteiger partial charge on any atom is 0.277 e. The van der Waals surface area contributed by atoms with Gasteiger partial charge < -0.3 is 9.73 Å². The van der Waals surface area contributed by atoms with Gasteiger partial charge in [0.1, 0.15) is 0 Å². The van der Waals surface area contributed by atoms with Crippen molar-refractivity contribution in [1.29, 1.82) is 0 Å². The van der Waals surface area contributed by atoms with Crippen LogP contribution in [0.5, 0.6) is 0 Å². The second kappa shape index (κ2) is 11.1. The van der Waals surface area contributed by atoms with E-state index < -0.39 is 0 Å². The summed E-state index contributed by atoms with van der Waals surface area (Å²) in [6.45, 7) is 2.63. The molecule has 0 fully saturated rings. The van der Waals surface area contributed by atoms with E-state index in [0.717, 1.165) is 18.4 Å². The minimum atomic E-state index is -0.0780. The third-order valence-corrected chi connectivity index (χ3v) is 5.54. The molecule has 1 atom stereocenters. The van der Waals surface area contributed by atoms with Crippen molar-refractivity contribution in [3.8, 4) is 0 Å². The van der Waals surface area contributed by atoms with Gasteiger partial charge in [0.25, 0.3) is 5.22 Å². The molecular formula is C17H21Cl2N3O2S2. The number of hydrogen-bond donors (Lipinski definition) is 1. The summed E-state index contributed by atoms with van der Waals surface area (Å²) in [5.74, 6) is 1.54. The fourth-order valence-corrected chi connectivity index (χ4v) is 3.98. The van der Waals surface area contributed by atoms with E-state index in [2.05, 4.69) is 22.4 Å². The lowest BCUT2D eigenvalue weighted by atomic mass is 9.94. The monoisotopic (exact) mass is 433 g/mol. The van der Waals surface area contributed by atoms with Gasteiger partial charge in [0.15, 0.2) is 0 Å². The number of rotatable bonds is 10. The number of carbonyl (C=O) groups excluding carboxylic acids is 1. The smallest absolute Gasteiger partial charge is 0.277 e. The predicted octanol–water partition coefficient (Wildman–Crippen LogP) is 5.03. The fraction of sp³-hybridized carbons (Fsp3) is 0.471. The van der Waals surface area contributed by atoms with Gasteiger partial charge in [-0.25, -0.2) is 0 Å². The summed E-state index contributed by atoms with van der Waals surface area (Å²) in [5.41, 5.74) is 1.00. The van der Waals surface area contributed by atoms with Gasteiger partial charge in [-0.3, -0.25) is 4.79 Å². The first-order valence-electron chi connectivity index (χ1n) is 8.19. The zero-order valence-corrected chi connectivity index (χ0v) is 17.8. The van der Waals surface area contributed by atoms with Crippen LogP contribution in [-0.4, -0.2) is 34.7 Å². The molecule has 2 rings (SSSR count). The molecule has 0 unspecified atom stereocenters. The van der Waals surface area contributed by atoms with E-state index in [1.54, 1.807) is 17.8 Å². The summed E-state index contributed by atoms with van der Waals surface area (Å²) in [5, 5.41) is 12.5. The first kappa shape index (κ1) is 21.4. The highest BCUT2D eigenvalue weighted by Crippen LogP contribution is 2.30. The molecule has 0 bridgehead atoms. The third kappa shape index (κ3) is 6.68. The molecule has 0 radical (unpaired) electrons. The Morgan fingerprint density at radius 1 is 1.35 bits per heavy atom. The molecule has 26 heavy (non-hydrogen) atoms. The summed E-state index contributed by atoms with van der Waals surface area (Å²) in [6.07, 6.45) is 3.88. The molecule has 2 aromatic rings. The van der Waals surface area contributed by atoms with Crippen LogP contribution in [0.4, 0.5) is 0 Å². The van der Waals surface area contributed by atoms with Crippen molar-refractivity contribution >= 4 is 52.6 Å². The zero-order chi connectivity index (χ0) is 18.9. The van der Waals surface area contributed by atoms with Crippen molar-refractivity contribution in [2.45, 2.75) is 36.7 Å². The second-order valence-electron chi connectivity index (χ2n) is 5.64. The molecule has 9 heteroatoms. The van der Waals surface area contributed by atoms with Gasteiger partial charge in [-0.05, 0) is 30.4 Å². The summed E-state index contributed by atoms with van der Waals surface area (Å²) in [4.78, 5) is 12.1. The zero-order valence-electron chi connectivity index (χ0n) is 14.6. The van der Waals surface area contributed by atoms with E-state index >= 15 is 0 Å². The predicted molar refractivity (Wildman–Crippen MR) is 109 cm³/mol. The normalized spacial score (nSPS) is 12.2. The molecule has 1 amide bonds. The molecule has 142 valence electrons. The number of carbonyl (C=O) groups is 1. The van der Waals surface area contributed by atoms with Crippen LogP contribution < -0.4 is 5.32 Å². The fourth-order valence-electron chi connectivity index (χ4n) is 2.44. The average molecular weight is 434 g/mol. The number of nitrogens with one attached hydrogen (secondary N) is 1. The van der Waals surface area contributed by atoms with E-state index in [-0.39, 0.29) is 17.6 Å². The average Bonchev–Trinajstić information content (AvgIpc) is 3.05. The van der Waals surface area contributed by atoms with Gasteiger partial charge in [-0.2, -0.15) is 11.8 Å². The summed E-state index contributed by atoms with van der Waals surface area (Å²) in [6, 6.07) is 5.49. The molecule has 0 aliphatic carbocycles. The van der Waals surface area contributed by atoms with Crippen LogP contribution in [0.1, 0.15) is 37.1 Å². The first-order valence-corrected chi connectivity index (χ1v) is 11.3. The number of aromatic nitrogens is 2. The molecule has 0 saturated heterocycles. The molecule has 0 aliphatic rings. The Kier molecular flexibility index (Phi) is 9.11. The van der Waals surface area contributed by atoms with Crippen LogP contribution in [0, 0.1) is 0 Å². The SMILES string of the molecule is CCC[C@@H](CNC(=O)CSc1nnc(CSC)o1)c1ccc(Cl)cc1Cl. The van der Waals surface area contributed by atoms with Crippen LogP contribution >= 0.6 is 46.7 Å². The number of benzene rings is 1. The van der Waals surface area contributed by atoms with Crippen molar-refractivity contribution in [1.82, 2.24) is 15.5 Å². The van der Waals surface area contributed by atoms with Crippen LogP contribution in [-0.2, 0) is 10.5 Å². The van der Waals surface area contributed by atoms with Crippen molar-refractivity contribution in [2.24, 2.45) is 0 Å². The number of nitrogens with zero attached hydrogens (tertiary/aromatic N) is 2. The third-order valence-electron chi connectivity index (χ3n) is 3.63. The summed E-state index contributed by atoms with van der Waals surface area (Å²) < 4.78 is 5.44. The number of halogens is 2. The van der Waals surface area contributed by atoms with E-state index in [9.17, 15) is 4.79 Å². The Balaban J connectivity index is 1.86. The lowest BCUT2D eigenvalue weighted by Gasteiger charge is -2.19. The topological polar surface area (TPSA) is 68.0 Å². The van der Waals surface area contributed by atoms with Gasteiger partial charge in [-0.15, -0.1) is 10.2 Å². The number of amides is 1. The van der Waals surface area contributed by atoms with Crippen molar-refractivity contribution < 1.29 is 9.21 Å². The number of thioether (sulfide) groups is 2. The molecule has 1 heterocycles. The maximum absolute atomic E-state index is 12.1. The summed E-state index contributed by atoms with van der Waals surface area (Å²) >= 11 is 15.1. The minimum Gasteiger partial charge on any atom is -0.415 e. The van der Waals surface area contributed by atoms with Gasteiger partial charge in [-0.1, -0.05) is 54.4 Å². The number of hydrogen-bond acceptors (Lipinski definition) is 6. The quantitative estimate of drug-likeness (QED) is 0.529. The highest BCUT2D eigenvalue weighted by molar-refractivity contribution is 7.99. The molecule has 1 aromatic heterocycles. The van der Waals surface area contributed by atoms with Gasteiger partial charge in [0.2, 0.25) is 11.8 Å². The Bertz CT molecular complexity index is 728. The van der Waals surface area contributed by atoms with Crippen molar-refractivity contribution in [3.63, 3.8) is 0 Å². The Morgan fingerprint density at radius 3 is 2.85 bits per heavy atom. The van der Waals surface area contributed by atoms with Gasteiger partial charge in [0.05, 0.1) is 11.5 Å². The first-order chi connectivity index (χ1) is 12.5. The van der Waals surface area contributed by atoms with Crippen molar-refractivity contribution in [3.05, 3.63) is 39.7 Å². The van der Waals surface area contributed by atoms with Crippen molar-refractivity contribution in [2.75, 3.05) is 18.6 Å². The van der Waals surface area contributed by atoms with E-state index in [1.165, 1.54) is 11.8 Å². The van der Waals surface area contributed by atoms with E-state index in [4.69, 9.17) is 27.6 Å². The second-order valence-corrected chi connectivity index (χ2v) is 8.28. The van der Waals surface area contributed by atoms with Crippen LogP contribution in [0.25, 0.3) is 0 Å². The lowest BCUT2D eigenvalue weighted by Crippen LogP contribution is -2.30. The van der Waals surface area contributed by atoms with Gasteiger partial charge >= 0.3 is 0 Å². The molecular weight excluding hydrogens is 413 g/mol. The van der Waals surface area contributed by atoms with Crippen LogP contribution in [0.3, 0.4) is 0 Å².